The van der Waals surface area contributed by atoms with Gasteiger partial charge in [0.25, 0.3) is 0 Å². The van der Waals surface area contributed by atoms with Gasteiger partial charge in [0, 0.05) is 25.2 Å². The van der Waals surface area contributed by atoms with E-state index >= 15 is 0 Å². The van der Waals surface area contributed by atoms with Gasteiger partial charge in [-0.3, -0.25) is 9.59 Å². The number of anilines is 1. The van der Waals surface area contributed by atoms with E-state index in [4.69, 9.17) is 9.47 Å². The minimum absolute atomic E-state index is 0.139. The van der Waals surface area contributed by atoms with Gasteiger partial charge in [0.05, 0.1) is 5.92 Å². The van der Waals surface area contributed by atoms with E-state index in [-0.39, 0.29) is 37.4 Å². The standard InChI is InChI=1S/C19H17FN2O4/c20-14-2-4-15(5-3-14)22-10-13(8-18(22)23)19(24)21-9-12-1-6-16-17(7-12)26-11-25-16/h1-7,13H,8-11H2,(H,21,24)/t13-/m0/s1. The lowest BCUT2D eigenvalue weighted by molar-refractivity contribution is -0.126. The molecule has 4 rings (SSSR count). The van der Waals surface area contributed by atoms with Crippen molar-refractivity contribution in [1.82, 2.24) is 5.32 Å². The van der Waals surface area contributed by atoms with Crippen molar-refractivity contribution in [1.29, 1.82) is 0 Å². The van der Waals surface area contributed by atoms with E-state index in [1.165, 1.54) is 17.0 Å². The smallest absolute Gasteiger partial charge is 0.231 e. The van der Waals surface area contributed by atoms with Gasteiger partial charge in [0.15, 0.2) is 11.5 Å². The van der Waals surface area contributed by atoms with Crippen LogP contribution in [0, 0.1) is 11.7 Å². The lowest BCUT2D eigenvalue weighted by Crippen LogP contribution is -2.32. The van der Waals surface area contributed by atoms with Gasteiger partial charge in [-0.05, 0) is 42.0 Å². The van der Waals surface area contributed by atoms with E-state index in [2.05, 4.69) is 5.32 Å². The second kappa shape index (κ2) is 6.67. The number of hydrogen-bond donors (Lipinski definition) is 1. The number of ether oxygens (including phenoxy) is 2. The highest BCUT2D eigenvalue weighted by Crippen LogP contribution is 2.32. The summed E-state index contributed by atoms with van der Waals surface area (Å²) in [6, 6.07) is 11.2. The van der Waals surface area contributed by atoms with Crippen LogP contribution < -0.4 is 19.7 Å². The van der Waals surface area contributed by atoms with Gasteiger partial charge in [-0.2, -0.15) is 0 Å². The van der Waals surface area contributed by atoms with Crippen LogP contribution in [0.3, 0.4) is 0 Å². The summed E-state index contributed by atoms with van der Waals surface area (Å²) in [5, 5.41) is 2.86. The summed E-state index contributed by atoms with van der Waals surface area (Å²) in [4.78, 5) is 26.1. The molecule has 2 aliphatic heterocycles. The maximum absolute atomic E-state index is 13.0. The molecule has 0 unspecified atom stereocenters. The average Bonchev–Trinajstić information content (AvgIpc) is 3.26. The van der Waals surface area contributed by atoms with E-state index in [0.717, 1.165) is 5.56 Å². The summed E-state index contributed by atoms with van der Waals surface area (Å²) in [5.41, 5.74) is 1.49. The first-order chi connectivity index (χ1) is 12.6. The molecule has 2 heterocycles. The van der Waals surface area contributed by atoms with Gasteiger partial charge in [-0.25, -0.2) is 4.39 Å². The minimum Gasteiger partial charge on any atom is -0.454 e. The second-order valence-electron chi connectivity index (χ2n) is 6.29. The molecule has 1 saturated heterocycles. The molecular weight excluding hydrogens is 339 g/mol. The van der Waals surface area contributed by atoms with Gasteiger partial charge in [-0.1, -0.05) is 6.07 Å². The van der Waals surface area contributed by atoms with Crippen molar-refractivity contribution in [3.8, 4) is 11.5 Å². The largest absolute Gasteiger partial charge is 0.454 e. The highest BCUT2D eigenvalue weighted by molar-refractivity contribution is 6.00. The molecule has 1 fully saturated rings. The Bertz CT molecular complexity index is 853. The number of hydrogen-bond acceptors (Lipinski definition) is 4. The molecule has 2 amide bonds. The maximum Gasteiger partial charge on any atom is 0.231 e. The quantitative estimate of drug-likeness (QED) is 0.912. The summed E-state index contributed by atoms with van der Waals surface area (Å²) in [6.07, 6.45) is 0.143. The zero-order chi connectivity index (χ0) is 18.1. The number of fused-ring (bicyclic) bond motifs is 1. The van der Waals surface area contributed by atoms with Crippen molar-refractivity contribution < 1.29 is 23.5 Å². The molecule has 2 aromatic carbocycles. The van der Waals surface area contributed by atoms with Crippen molar-refractivity contribution in [3.05, 3.63) is 53.8 Å². The lowest BCUT2D eigenvalue weighted by Gasteiger charge is -2.16. The van der Waals surface area contributed by atoms with Crippen molar-refractivity contribution >= 4 is 17.5 Å². The summed E-state index contributed by atoms with van der Waals surface area (Å²) in [6.45, 7) is 0.836. The lowest BCUT2D eigenvalue weighted by atomic mass is 10.1. The first-order valence-electron chi connectivity index (χ1n) is 8.32. The van der Waals surface area contributed by atoms with E-state index in [9.17, 15) is 14.0 Å². The maximum atomic E-state index is 13.0. The molecule has 0 aromatic heterocycles. The Morgan fingerprint density at radius 3 is 2.73 bits per heavy atom. The van der Waals surface area contributed by atoms with Gasteiger partial charge >= 0.3 is 0 Å². The van der Waals surface area contributed by atoms with E-state index in [1.54, 1.807) is 18.2 Å². The van der Waals surface area contributed by atoms with Crippen molar-refractivity contribution in [2.45, 2.75) is 13.0 Å². The van der Waals surface area contributed by atoms with Crippen LogP contribution >= 0.6 is 0 Å². The third-order valence-corrected chi connectivity index (χ3v) is 4.54. The van der Waals surface area contributed by atoms with Gasteiger partial charge < -0.3 is 19.7 Å². The molecule has 6 nitrogen and oxygen atoms in total. The Labute approximate surface area is 149 Å². The number of amides is 2. The molecule has 7 heteroatoms. The molecule has 134 valence electrons. The first kappa shape index (κ1) is 16.4. The number of rotatable bonds is 4. The normalized spacial score (nSPS) is 18.3. The fourth-order valence-electron chi connectivity index (χ4n) is 3.14. The van der Waals surface area contributed by atoms with Crippen LogP contribution in [0.1, 0.15) is 12.0 Å². The second-order valence-corrected chi connectivity index (χ2v) is 6.29. The fraction of sp³-hybridized carbons (Fsp3) is 0.263. The molecule has 1 atom stereocenters. The number of carbonyl (C=O) groups excluding carboxylic acids is 2. The Morgan fingerprint density at radius 2 is 1.92 bits per heavy atom. The van der Waals surface area contributed by atoms with Crippen LogP contribution in [0.2, 0.25) is 0 Å². The number of nitrogens with one attached hydrogen (secondary N) is 1. The van der Waals surface area contributed by atoms with Crippen LogP contribution in [-0.4, -0.2) is 25.2 Å². The monoisotopic (exact) mass is 356 g/mol. The van der Waals surface area contributed by atoms with Crippen LogP contribution in [0.25, 0.3) is 0 Å². The number of benzene rings is 2. The van der Waals surface area contributed by atoms with E-state index in [1.807, 2.05) is 12.1 Å². The third kappa shape index (κ3) is 3.20. The Kier molecular flexibility index (Phi) is 4.20. The average molecular weight is 356 g/mol. The van der Waals surface area contributed by atoms with Crippen LogP contribution in [-0.2, 0) is 16.1 Å². The third-order valence-electron chi connectivity index (χ3n) is 4.54. The zero-order valence-corrected chi connectivity index (χ0v) is 13.9. The number of nitrogens with zero attached hydrogens (tertiary/aromatic N) is 1. The van der Waals surface area contributed by atoms with E-state index in [0.29, 0.717) is 23.7 Å². The molecule has 0 radical (unpaired) electrons. The molecule has 0 bridgehead atoms. The highest BCUT2D eigenvalue weighted by atomic mass is 19.1. The summed E-state index contributed by atoms with van der Waals surface area (Å²) in [5.74, 6) is 0.243. The van der Waals surface area contributed by atoms with Crippen LogP contribution in [0.5, 0.6) is 11.5 Å². The topological polar surface area (TPSA) is 67.9 Å². The molecule has 26 heavy (non-hydrogen) atoms. The van der Waals surface area contributed by atoms with Crippen LogP contribution in [0.4, 0.5) is 10.1 Å². The summed E-state index contributed by atoms with van der Waals surface area (Å²) in [7, 11) is 0. The predicted octanol–water partition coefficient (Wildman–Crippen LogP) is 2.22. The van der Waals surface area contributed by atoms with Gasteiger partial charge in [0.2, 0.25) is 18.6 Å². The molecule has 2 aromatic rings. The Balaban J connectivity index is 1.36. The predicted molar refractivity (Wildman–Crippen MR) is 91.3 cm³/mol. The highest BCUT2D eigenvalue weighted by Gasteiger charge is 2.35. The van der Waals surface area contributed by atoms with E-state index < -0.39 is 5.92 Å². The SMILES string of the molecule is O=C(NCc1ccc2c(c1)OCO2)[C@H]1CC(=O)N(c2ccc(F)cc2)C1. The molecule has 0 spiro atoms. The summed E-state index contributed by atoms with van der Waals surface area (Å²) >= 11 is 0. The minimum atomic E-state index is -0.429. The number of carbonyl (C=O) groups is 2. The van der Waals surface area contributed by atoms with Crippen molar-refractivity contribution in [2.75, 3.05) is 18.2 Å². The molecule has 0 saturated carbocycles. The fourth-order valence-corrected chi connectivity index (χ4v) is 3.14. The summed E-state index contributed by atoms with van der Waals surface area (Å²) < 4.78 is 23.6. The Hall–Kier alpha value is -3.09. The molecule has 2 aliphatic rings. The van der Waals surface area contributed by atoms with Crippen LogP contribution in [0.15, 0.2) is 42.5 Å². The molecule has 0 aliphatic carbocycles. The molecular formula is C19H17FN2O4. The van der Waals surface area contributed by atoms with Gasteiger partial charge in [-0.15, -0.1) is 0 Å². The Morgan fingerprint density at radius 1 is 1.15 bits per heavy atom. The van der Waals surface area contributed by atoms with Crippen molar-refractivity contribution in [3.63, 3.8) is 0 Å². The molecule has 1 N–H and O–H groups in total. The number of halogens is 1. The van der Waals surface area contributed by atoms with Crippen molar-refractivity contribution in [2.24, 2.45) is 5.92 Å². The van der Waals surface area contributed by atoms with Gasteiger partial charge in [0.1, 0.15) is 5.82 Å². The zero-order valence-electron chi connectivity index (χ0n) is 13.9. The first-order valence-corrected chi connectivity index (χ1v) is 8.32.